The van der Waals surface area contributed by atoms with Crippen LogP contribution < -0.4 is 26.8 Å². The highest BCUT2D eigenvalue weighted by molar-refractivity contribution is 5.93. The molecular weight excluding hydrogens is 512 g/mol. The van der Waals surface area contributed by atoms with E-state index in [-0.39, 0.29) is 5.69 Å². The summed E-state index contributed by atoms with van der Waals surface area (Å²) in [5.74, 6) is -37.3. The normalized spacial score (nSPS) is 13.6. The standard InChI is InChI=1S/C15H12F12N4O3/c16-8(17)12(20,21)14(24,25)15(26,27)13(22,23)11(18,19)4-34-7-2-1-5(30-9(28)32)3-6(7)31-10(29)33/h1-3,8H,4H2,(H3,28,30,32)(H3,29,31,33). The number of carbonyl (C=O) groups excluding carboxylic acids is 2. The van der Waals surface area contributed by atoms with Gasteiger partial charge in [-0.25, -0.2) is 18.4 Å². The number of rotatable bonds is 10. The van der Waals surface area contributed by atoms with Crippen LogP contribution in [0.3, 0.4) is 0 Å². The number of hydrogen-bond donors (Lipinski definition) is 4. The highest BCUT2D eigenvalue weighted by atomic mass is 19.4. The van der Waals surface area contributed by atoms with E-state index in [1.54, 1.807) is 5.32 Å². The van der Waals surface area contributed by atoms with Gasteiger partial charge in [-0.15, -0.1) is 0 Å². The van der Waals surface area contributed by atoms with Crippen molar-refractivity contribution in [3.63, 3.8) is 0 Å². The van der Waals surface area contributed by atoms with Gasteiger partial charge in [-0.05, 0) is 18.2 Å². The number of ether oxygens (including phenoxy) is 1. The maximum absolute atomic E-state index is 13.8. The second-order valence-corrected chi connectivity index (χ2v) is 6.33. The summed E-state index contributed by atoms with van der Waals surface area (Å²) in [5, 5.41) is 3.60. The largest absolute Gasteiger partial charge is 0.485 e. The lowest BCUT2D eigenvalue weighted by atomic mass is 9.94. The molecule has 0 heterocycles. The van der Waals surface area contributed by atoms with Crippen molar-refractivity contribution in [2.45, 2.75) is 36.0 Å². The molecule has 0 aliphatic heterocycles. The van der Waals surface area contributed by atoms with Gasteiger partial charge < -0.3 is 26.8 Å². The Bertz CT molecular complexity index is 926. The van der Waals surface area contributed by atoms with Gasteiger partial charge in [-0.1, -0.05) is 0 Å². The minimum atomic E-state index is -7.71. The molecule has 4 amide bonds. The first-order valence-corrected chi connectivity index (χ1v) is 8.18. The minimum Gasteiger partial charge on any atom is -0.485 e. The van der Waals surface area contributed by atoms with Gasteiger partial charge in [0.25, 0.3) is 0 Å². The Balaban J connectivity index is 3.31. The molecule has 0 unspecified atom stereocenters. The molecule has 34 heavy (non-hydrogen) atoms. The van der Waals surface area contributed by atoms with E-state index in [0.717, 1.165) is 6.07 Å². The third-order valence-electron chi connectivity index (χ3n) is 3.85. The Morgan fingerprint density at radius 2 is 1.32 bits per heavy atom. The predicted octanol–water partition coefficient (Wildman–Crippen LogP) is 4.49. The fourth-order valence-corrected chi connectivity index (χ4v) is 2.14. The van der Waals surface area contributed by atoms with Crippen LogP contribution in [0.4, 0.5) is 73.6 Å². The number of carbonyl (C=O) groups is 2. The van der Waals surface area contributed by atoms with E-state index in [4.69, 9.17) is 11.5 Å². The van der Waals surface area contributed by atoms with E-state index in [1.807, 2.05) is 5.32 Å². The van der Waals surface area contributed by atoms with Crippen molar-refractivity contribution in [2.24, 2.45) is 11.5 Å². The van der Waals surface area contributed by atoms with Crippen LogP contribution in [0.5, 0.6) is 5.75 Å². The van der Waals surface area contributed by atoms with Crippen LogP contribution >= 0.6 is 0 Å². The zero-order chi connectivity index (χ0) is 26.9. The minimum absolute atomic E-state index is 0.277. The zero-order valence-corrected chi connectivity index (χ0v) is 15.9. The summed E-state index contributed by atoms with van der Waals surface area (Å²) in [6, 6.07) is -0.587. The number of primary amides is 2. The topological polar surface area (TPSA) is 119 Å². The Morgan fingerprint density at radius 3 is 1.76 bits per heavy atom. The average Bonchev–Trinajstić information content (AvgIpc) is 2.65. The third-order valence-corrected chi connectivity index (χ3v) is 3.85. The van der Waals surface area contributed by atoms with Crippen LogP contribution in [-0.2, 0) is 0 Å². The molecular formula is C15H12F12N4O3. The van der Waals surface area contributed by atoms with Crippen LogP contribution in [0.1, 0.15) is 0 Å². The molecule has 1 aromatic carbocycles. The number of anilines is 2. The smallest absolute Gasteiger partial charge is 0.384 e. The van der Waals surface area contributed by atoms with Crippen molar-refractivity contribution in [2.75, 3.05) is 17.2 Å². The van der Waals surface area contributed by atoms with Crippen LogP contribution in [0.15, 0.2) is 18.2 Å². The van der Waals surface area contributed by atoms with Crippen molar-refractivity contribution >= 4 is 23.4 Å². The van der Waals surface area contributed by atoms with Gasteiger partial charge in [-0.2, -0.15) is 43.9 Å². The van der Waals surface area contributed by atoms with Gasteiger partial charge in [0.05, 0.1) is 5.69 Å². The van der Waals surface area contributed by atoms with E-state index in [9.17, 15) is 62.3 Å². The second-order valence-electron chi connectivity index (χ2n) is 6.33. The monoisotopic (exact) mass is 524 g/mol. The first-order valence-electron chi connectivity index (χ1n) is 8.18. The lowest BCUT2D eigenvalue weighted by Gasteiger charge is -2.39. The Kier molecular flexibility index (Phi) is 7.75. The Labute approximate surface area is 180 Å². The molecule has 0 saturated heterocycles. The van der Waals surface area contributed by atoms with Gasteiger partial charge in [0.15, 0.2) is 6.61 Å². The summed E-state index contributed by atoms with van der Waals surface area (Å²) in [4.78, 5) is 21.8. The van der Waals surface area contributed by atoms with Gasteiger partial charge in [0, 0.05) is 5.69 Å². The fourth-order valence-electron chi connectivity index (χ4n) is 2.14. The summed E-state index contributed by atoms with van der Waals surface area (Å²) < 4.78 is 162. The highest BCUT2D eigenvalue weighted by Crippen LogP contribution is 2.58. The van der Waals surface area contributed by atoms with Crippen molar-refractivity contribution in [3.05, 3.63) is 18.2 Å². The number of hydrogen-bond acceptors (Lipinski definition) is 3. The maximum atomic E-state index is 13.8. The molecule has 1 rings (SSSR count). The van der Waals surface area contributed by atoms with Crippen LogP contribution in [0, 0.1) is 0 Å². The summed E-state index contributed by atoms with van der Waals surface area (Å²) in [5.41, 5.74) is 8.52. The molecule has 0 aliphatic rings. The molecule has 0 atom stereocenters. The van der Waals surface area contributed by atoms with Crippen molar-refractivity contribution < 1.29 is 67.0 Å². The van der Waals surface area contributed by atoms with E-state index >= 15 is 0 Å². The molecule has 0 fully saturated rings. The predicted molar refractivity (Wildman–Crippen MR) is 89.1 cm³/mol. The molecule has 0 spiro atoms. The quantitative estimate of drug-likeness (QED) is 0.338. The molecule has 1 aromatic rings. The molecule has 0 aromatic heterocycles. The van der Waals surface area contributed by atoms with E-state index in [1.165, 1.54) is 0 Å². The van der Waals surface area contributed by atoms with Crippen molar-refractivity contribution in [3.8, 4) is 5.75 Å². The van der Waals surface area contributed by atoms with Crippen LogP contribution in [-0.4, -0.2) is 54.7 Å². The lowest BCUT2D eigenvalue weighted by Crippen LogP contribution is -2.69. The maximum Gasteiger partial charge on any atom is 0.384 e. The van der Waals surface area contributed by atoms with Gasteiger partial charge >= 0.3 is 48.1 Å². The average molecular weight is 524 g/mol. The van der Waals surface area contributed by atoms with Crippen molar-refractivity contribution in [1.29, 1.82) is 0 Å². The van der Waals surface area contributed by atoms with Crippen LogP contribution in [0.2, 0.25) is 0 Å². The van der Waals surface area contributed by atoms with Crippen LogP contribution in [0.25, 0.3) is 0 Å². The number of amides is 4. The second kappa shape index (κ2) is 9.16. The van der Waals surface area contributed by atoms with E-state index in [2.05, 4.69) is 4.74 Å². The van der Waals surface area contributed by atoms with Gasteiger partial charge in [-0.3, -0.25) is 0 Å². The number of halogens is 12. The summed E-state index contributed by atoms with van der Waals surface area (Å²) in [7, 11) is 0. The molecule has 0 radical (unpaired) electrons. The van der Waals surface area contributed by atoms with E-state index in [0.29, 0.717) is 12.1 Å². The van der Waals surface area contributed by atoms with Gasteiger partial charge in [0.2, 0.25) is 0 Å². The molecule has 0 bridgehead atoms. The number of benzene rings is 1. The van der Waals surface area contributed by atoms with Crippen molar-refractivity contribution in [1.82, 2.24) is 0 Å². The summed E-state index contributed by atoms with van der Waals surface area (Å²) in [6.07, 6.45) is -5.62. The molecule has 7 nitrogen and oxygen atoms in total. The SMILES string of the molecule is NC(=O)Nc1ccc(OCC(F)(F)C(F)(F)C(F)(F)C(F)(F)C(F)(F)C(F)F)c(NC(N)=O)c1. The molecule has 194 valence electrons. The summed E-state index contributed by atoms with van der Waals surface area (Å²) in [6.45, 7) is -2.91. The zero-order valence-electron chi connectivity index (χ0n) is 15.9. The molecule has 6 N–H and O–H groups in total. The number of alkyl halides is 12. The van der Waals surface area contributed by atoms with Gasteiger partial charge in [0.1, 0.15) is 5.75 Å². The third kappa shape index (κ3) is 5.11. The number of urea groups is 2. The summed E-state index contributed by atoms with van der Waals surface area (Å²) >= 11 is 0. The lowest BCUT2D eigenvalue weighted by molar-refractivity contribution is -0.414. The first kappa shape index (κ1) is 28.8. The molecule has 0 saturated carbocycles. The Hall–Kier alpha value is -3.28. The first-order chi connectivity index (χ1) is 15.1. The molecule has 19 heteroatoms. The highest BCUT2D eigenvalue weighted by Gasteiger charge is 2.87. The number of nitrogens with two attached hydrogens (primary N) is 2. The van der Waals surface area contributed by atoms with E-state index < -0.39 is 66.1 Å². The number of nitrogens with one attached hydrogen (secondary N) is 2. The fraction of sp³-hybridized carbons (Fsp3) is 0.467. The Morgan fingerprint density at radius 1 is 0.824 bits per heavy atom. The molecule has 0 aliphatic carbocycles.